The minimum absolute atomic E-state index is 0.248. The third-order valence-electron chi connectivity index (χ3n) is 4.41. The molecule has 3 aromatic rings. The molecule has 0 amide bonds. The van der Waals surface area contributed by atoms with Crippen molar-refractivity contribution in [1.82, 2.24) is 0 Å². The van der Waals surface area contributed by atoms with E-state index in [1.165, 1.54) is 0 Å². The van der Waals surface area contributed by atoms with Crippen molar-refractivity contribution < 1.29 is 24.3 Å². The molecule has 0 aliphatic heterocycles. The van der Waals surface area contributed by atoms with E-state index in [4.69, 9.17) is 4.74 Å². The number of nitro groups is 1. The molecule has 0 saturated carbocycles. The summed E-state index contributed by atoms with van der Waals surface area (Å²) in [6.45, 7) is 0. The molecule has 10 heteroatoms. The average molecular weight is 418 g/mol. The summed E-state index contributed by atoms with van der Waals surface area (Å²) in [5.41, 5.74) is -0.386. The molecule has 31 heavy (non-hydrogen) atoms. The highest BCUT2D eigenvalue weighted by Crippen LogP contribution is 2.25. The zero-order valence-electron chi connectivity index (χ0n) is 16.0. The number of Topliss-reactive ketones (excluding diaryl/α,β-unsaturated/α-hetero) is 1. The minimum Gasteiger partial charge on any atom is -0.445 e. The average Bonchev–Trinajstić information content (AvgIpc) is 2.82. The summed E-state index contributed by atoms with van der Waals surface area (Å²) < 4.78 is 5.44. The van der Waals surface area contributed by atoms with Crippen LogP contribution in [0.1, 0.15) is 32.4 Å². The summed E-state index contributed by atoms with van der Waals surface area (Å²) in [7, 11) is -1.90. The maximum Gasteiger partial charge on any atom is 0.517 e. The van der Waals surface area contributed by atoms with Crippen molar-refractivity contribution in [3.05, 3.63) is 111 Å². The molecule has 0 saturated heterocycles. The standard InChI is InChI=1S/C21H15BN2O7/c25-19(14-7-3-1-4-8-14)20(15-9-5-2-6-10-15)31-21(26)16-11-17(22(27)23-28)13-18(12-16)24(29)30/h1-13,20,27H. The largest absolute Gasteiger partial charge is 0.517 e. The molecule has 0 fully saturated rings. The van der Waals surface area contributed by atoms with Crippen LogP contribution in [0.25, 0.3) is 0 Å². The van der Waals surface area contributed by atoms with E-state index in [-0.39, 0.29) is 11.0 Å². The number of nitroso groups, excluding NO2 is 1. The number of hydrogen-bond donors (Lipinski definition) is 1. The van der Waals surface area contributed by atoms with Gasteiger partial charge in [-0.05, 0) is 11.5 Å². The fourth-order valence-electron chi connectivity index (χ4n) is 2.90. The van der Waals surface area contributed by atoms with Gasteiger partial charge in [-0.25, -0.2) is 4.79 Å². The van der Waals surface area contributed by atoms with Gasteiger partial charge in [0.25, 0.3) is 5.69 Å². The lowest BCUT2D eigenvalue weighted by molar-refractivity contribution is -0.384. The van der Waals surface area contributed by atoms with E-state index in [2.05, 4.69) is 5.09 Å². The number of carbonyl (C=O) groups excluding carboxylic acids is 2. The Balaban J connectivity index is 1.99. The second kappa shape index (κ2) is 9.55. The Morgan fingerprint density at radius 3 is 2.16 bits per heavy atom. The predicted octanol–water partition coefficient (Wildman–Crippen LogP) is 2.83. The fraction of sp³-hybridized carbons (Fsp3) is 0.0476. The van der Waals surface area contributed by atoms with Crippen LogP contribution in [0, 0.1) is 15.0 Å². The van der Waals surface area contributed by atoms with E-state index < -0.39 is 35.5 Å². The Kier molecular flexibility index (Phi) is 6.63. The molecule has 3 rings (SSSR count). The fourth-order valence-corrected chi connectivity index (χ4v) is 2.90. The Morgan fingerprint density at radius 1 is 0.968 bits per heavy atom. The number of ether oxygens (including phenoxy) is 1. The van der Waals surface area contributed by atoms with Gasteiger partial charge < -0.3 is 9.76 Å². The van der Waals surface area contributed by atoms with Crippen molar-refractivity contribution in [3.63, 3.8) is 0 Å². The first kappa shape index (κ1) is 21.5. The Morgan fingerprint density at radius 2 is 1.58 bits per heavy atom. The number of esters is 1. The van der Waals surface area contributed by atoms with Crippen LogP contribution in [-0.2, 0) is 4.74 Å². The zero-order chi connectivity index (χ0) is 22.4. The number of hydrogen-bond acceptors (Lipinski definition) is 8. The normalized spacial score (nSPS) is 11.3. The highest BCUT2D eigenvalue weighted by Gasteiger charge is 2.29. The van der Waals surface area contributed by atoms with Crippen LogP contribution in [0.2, 0.25) is 0 Å². The summed E-state index contributed by atoms with van der Waals surface area (Å²) >= 11 is 0. The van der Waals surface area contributed by atoms with Gasteiger partial charge in [0.15, 0.2) is 6.10 Å². The first-order valence-electron chi connectivity index (χ1n) is 9.06. The van der Waals surface area contributed by atoms with Crippen molar-refractivity contribution in [1.29, 1.82) is 0 Å². The lowest BCUT2D eigenvalue weighted by Gasteiger charge is -2.18. The molecule has 1 N–H and O–H groups in total. The maximum atomic E-state index is 13.0. The van der Waals surface area contributed by atoms with Gasteiger partial charge in [0.2, 0.25) is 5.78 Å². The molecule has 0 aliphatic rings. The topological polar surface area (TPSA) is 136 Å². The number of ketones is 1. The van der Waals surface area contributed by atoms with Crippen molar-refractivity contribution in [2.45, 2.75) is 6.10 Å². The van der Waals surface area contributed by atoms with Crippen LogP contribution >= 0.6 is 0 Å². The van der Waals surface area contributed by atoms with E-state index in [0.29, 0.717) is 11.1 Å². The molecule has 0 bridgehead atoms. The summed E-state index contributed by atoms with van der Waals surface area (Å²) in [4.78, 5) is 46.9. The summed E-state index contributed by atoms with van der Waals surface area (Å²) in [5, 5.41) is 23.2. The lowest BCUT2D eigenvalue weighted by Crippen LogP contribution is -2.29. The Bertz CT molecular complexity index is 1120. The smallest absolute Gasteiger partial charge is 0.445 e. The second-order valence-corrected chi connectivity index (χ2v) is 6.48. The molecular formula is C21H15BN2O7. The van der Waals surface area contributed by atoms with E-state index >= 15 is 0 Å². The number of nitrogens with zero attached hydrogens (tertiary/aromatic N) is 2. The van der Waals surface area contributed by atoms with Crippen molar-refractivity contribution in [3.8, 4) is 0 Å². The van der Waals surface area contributed by atoms with Gasteiger partial charge in [0.05, 0.1) is 10.5 Å². The zero-order valence-corrected chi connectivity index (χ0v) is 16.0. The number of nitro benzene ring substituents is 1. The minimum atomic E-state index is -1.90. The van der Waals surface area contributed by atoms with Gasteiger partial charge in [0.1, 0.15) is 0 Å². The molecule has 0 aromatic heterocycles. The molecular weight excluding hydrogens is 403 g/mol. The summed E-state index contributed by atoms with van der Waals surface area (Å²) in [5.74, 6) is -1.53. The van der Waals surface area contributed by atoms with Crippen LogP contribution in [0.5, 0.6) is 0 Å². The molecule has 0 aliphatic carbocycles. The quantitative estimate of drug-likeness (QED) is 0.148. The SMILES string of the molecule is O=NB(O)c1cc(C(=O)OC(C(=O)c2ccccc2)c2ccccc2)cc([N+](=O)[O-])c1. The number of rotatable bonds is 8. The summed E-state index contributed by atoms with van der Waals surface area (Å²) in [6.07, 6.45) is -1.31. The molecule has 0 heterocycles. The van der Waals surface area contributed by atoms with E-state index in [0.717, 1.165) is 18.2 Å². The van der Waals surface area contributed by atoms with Crippen molar-refractivity contribution in [2.24, 2.45) is 5.09 Å². The van der Waals surface area contributed by atoms with Crippen LogP contribution < -0.4 is 5.46 Å². The van der Waals surface area contributed by atoms with Crippen LogP contribution in [0.15, 0.2) is 84.0 Å². The van der Waals surface area contributed by atoms with Gasteiger partial charge >= 0.3 is 13.0 Å². The van der Waals surface area contributed by atoms with Crippen molar-refractivity contribution >= 4 is 30.0 Å². The monoisotopic (exact) mass is 418 g/mol. The highest BCUT2D eigenvalue weighted by molar-refractivity contribution is 6.64. The van der Waals surface area contributed by atoms with Gasteiger partial charge in [-0.3, -0.25) is 14.9 Å². The van der Waals surface area contributed by atoms with Gasteiger partial charge in [-0.15, -0.1) is 0 Å². The van der Waals surface area contributed by atoms with E-state index in [1.807, 2.05) is 0 Å². The molecule has 1 unspecified atom stereocenters. The molecule has 0 radical (unpaired) electrons. The van der Waals surface area contributed by atoms with E-state index in [1.54, 1.807) is 60.7 Å². The van der Waals surface area contributed by atoms with Crippen LogP contribution in [0.4, 0.5) is 5.69 Å². The maximum absolute atomic E-state index is 13.0. The third-order valence-corrected chi connectivity index (χ3v) is 4.41. The van der Waals surface area contributed by atoms with Crippen LogP contribution in [-0.4, -0.2) is 28.8 Å². The first-order chi connectivity index (χ1) is 14.9. The molecule has 154 valence electrons. The summed E-state index contributed by atoms with van der Waals surface area (Å²) in [6, 6.07) is 19.4. The van der Waals surface area contributed by atoms with Gasteiger partial charge in [0, 0.05) is 23.3 Å². The first-order valence-corrected chi connectivity index (χ1v) is 9.06. The van der Waals surface area contributed by atoms with Crippen molar-refractivity contribution in [2.75, 3.05) is 0 Å². The number of carbonyl (C=O) groups is 2. The highest BCUT2D eigenvalue weighted by atomic mass is 16.6. The third kappa shape index (κ3) is 5.06. The van der Waals surface area contributed by atoms with E-state index in [9.17, 15) is 29.6 Å². The molecule has 1 atom stereocenters. The van der Waals surface area contributed by atoms with Gasteiger partial charge in [-0.2, -0.15) is 4.91 Å². The number of non-ortho nitro benzene ring substituents is 1. The lowest BCUT2D eigenvalue weighted by atomic mass is 9.75. The molecule has 0 spiro atoms. The Labute approximate surface area is 176 Å². The molecule has 9 nitrogen and oxygen atoms in total. The Hall–Kier alpha value is -4.18. The van der Waals surface area contributed by atoms with Gasteiger partial charge in [-0.1, -0.05) is 65.8 Å². The molecule has 3 aromatic carbocycles. The second-order valence-electron chi connectivity index (χ2n) is 6.48. The van der Waals surface area contributed by atoms with Crippen LogP contribution in [0.3, 0.4) is 0 Å². The predicted molar refractivity (Wildman–Crippen MR) is 112 cm³/mol. The number of benzene rings is 3.